The van der Waals surface area contributed by atoms with E-state index in [9.17, 15) is 0 Å². The fourth-order valence-corrected chi connectivity index (χ4v) is 2.20. The van der Waals surface area contributed by atoms with Gasteiger partial charge < -0.3 is 0 Å². The minimum Gasteiger partial charge on any atom is -0.0683 e. The molecule has 0 fully saturated rings. The van der Waals surface area contributed by atoms with E-state index in [-0.39, 0.29) is 0 Å². The van der Waals surface area contributed by atoms with Gasteiger partial charge in [0.2, 0.25) is 0 Å². The van der Waals surface area contributed by atoms with Gasteiger partial charge in [0, 0.05) is 0 Å². The van der Waals surface area contributed by atoms with Crippen LogP contribution in [0, 0.1) is 10.8 Å². The standard InChI is InChI=1S/C11H24.C2H6/c1-7-8-11(5,6)9-10(2,3)4;1-2/h7-9H2,1-6H3;1-2H3. The Bertz CT molecular complexity index is 104. The normalized spacial score (nSPS) is 12.0. The Morgan fingerprint density at radius 1 is 0.846 bits per heavy atom. The highest BCUT2D eigenvalue weighted by atomic mass is 14.3. The van der Waals surface area contributed by atoms with Crippen LogP contribution in [0.5, 0.6) is 0 Å². The Morgan fingerprint density at radius 2 is 1.23 bits per heavy atom. The molecule has 0 radical (unpaired) electrons. The van der Waals surface area contributed by atoms with Crippen LogP contribution >= 0.6 is 0 Å². The van der Waals surface area contributed by atoms with Gasteiger partial charge in [-0.05, 0) is 23.7 Å². The van der Waals surface area contributed by atoms with E-state index in [1.54, 1.807) is 0 Å². The smallest absolute Gasteiger partial charge is 0.0349 e. The van der Waals surface area contributed by atoms with Crippen LogP contribution in [0.1, 0.15) is 74.7 Å². The van der Waals surface area contributed by atoms with E-state index in [4.69, 9.17) is 0 Å². The van der Waals surface area contributed by atoms with E-state index < -0.39 is 0 Å². The van der Waals surface area contributed by atoms with Crippen molar-refractivity contribution in [2.24, 2.45) is 10.8 Å². The van der Waals surface area contributed by atoms with Crippen LogP contribution in [-0.4, -0.2) is 0 Å². The highest BCUT2D eigenvalue weighted by molar-refractivity contribution is 4.75. The zero-order valence-corrected chi connectivity index (χ0v) is 11.1. The van der Waals surface area contributed by atoms with Gasteiger partial charge in [-0.1, -0.05) is 61.8 Å². The molecule has 0 amide bonds. The molecule has 0 atom stereocenters. The summed E-state index contributed by atoms with van der Waals surface area (Å²) < 4.78 is 0. The molecule has 0 aromatic rings. The van der Waals surface area contributed by atoms with Crippen LogP contribution in [0.25, 0.3) is 0 Å². The van der Waals surface area contributed by atoms with Crippen LogP contribution in [0.4, 0.5) is 0 Å². The van der Waals surface area contributed by atoms with E-state index >= 15 is 0 Å². The van der Waals surface area contributed by atoms with Gasteiger partial charge >= 0.3 is 0 Å². The summed E-state index contributed by atoms with van der Waals surface area (Å²) in [6.07, 6.45) is 3.99. The van der Waals surface area contributed by atoms with Crippen LogP contribution in [0.3, 0.4) is 0 Å². The molecule has 0 aliphatic rings. The third kappa shape index (κ3) is 12.0. The maximum absolute atomic E-state index is 2.38. The minimum absolute atomic E-state index is 0.485. The number of rotatable bonds is 3. The van der Waals surface area contributed by atoms with Gasteiger partial charge in [-0.3, -0.25) is 0 Å². The Kier molecular flexibility index (Phi) is 7.68. The monoisotopic (exact) mass is 186 g/mol. The fourth-order valence-electron chi connectivity index (χ4n) is 2.20. The lowest BCUT2D eigenvalue weighted by Crippen LogP contribution is -2.20. The average Bonchev–Trinajstić information content (AvgIpc) is 1.85. The second-order valence-electron chi connectivity index (χ2n) is 5.65. The van der Waals surface area contributed by atoms with Crippen molar-refractivity contribution in [1.82, 2.24) is 0 Å². The van der Waals surface area contributed by atoms with E-state index in [2.05, 4.69) is 41.5 Å². The molecule has 0 aliphatic heterocycles. The van der Waals surface area contributed by atoms with Gasteiger partial charge in [-0.15, -0.1) is 0 Å². The van der Waals surface area contributed by atoms with Gasteiger partial charge in [0.25, 0.3) is 0 Å². The van der Waals surface area contributed by atoms with Crippen molar-refractivity contribution >= 4 is 0 Å². The lowest BCUT2D eigenvalue weighted by atomic mass is 9.74. The summed E-state index contributed by atoms with van der Waals surface area (Å²) >= 11 is 0. The van der Waals surface area contributed by atoms with Gasteiger partial charge in [0.15, 0.2) is 0 Å². The topological polar surface area (TPSA) is 0 Å². The quantitative estimate of drug-likeness (QED) is 0.563. The summed E-state index contributed by atoms with van der Waals surface area (Å²) in [7, 11) is 0. The van der Waals surface area contributed by atoms with Crippen LogP contribution in [0.15, 0.2) is 0 Å². The maximum Gasteiger partial charge on any atom is -0.0349 e. The van der Waals surface area contributed by atoms with Crippen molar-refractivity contribution in [3.05, 3.63) is 0 Å². The van der Waals surface area contributed by atoms with Crippen molar-refractivity contribution in [2.75, 3.05) is 0 Å². The van der Waals surface area contributed by atoms with Crippen molar-refractivity contribution in [3.8, 4) is 0 Å². The summed E-state index contributed by atoms with van der Waals surface area (Å²) in [6, 6.07) is 0. The van der Waals surface area contributed by atoms with Crippen molar-refractivity contribution in [3.63, 3.8) is 0 Å². The Morgan fingerprint density at radius 3 is 1.46 bits per heavy atom. The molecule has 0 heteroatoms. The van der Waals surface area contributed by atoms with Gasteiger partial charge in [0.05, 0.1) is 0 Å². The molecule has 0 aliphatic carbocycles. The zero-order chi connectivity index (χ0) is 11.1. The second-order valence-corrected chi connectivity index (χ2v) is 5.65. The molecule has 0 saturated heterocycles. The van der Waals surface area contributed by atoms with E-state index in [0.717, 1.165) is 0 Å². The third-order valence-corrected chi connectivity index (χ3v) is 1.94. The molecule has 0 unspecified atom stereocenters. The molecule has 0 heterocycles. The zero-order valence-electron chi connectivity index (χ0n) is 11.1. The molecule has 0 bridgehead atoms. The minimum atomic E-state index is 0.485. The molecule has 82 valence electrons. The first kappa shape index (κ1) is 15.5. The molecule has 0 aromatic carbocycles. The Labute approximate surface area is 86.1 Å². The van der Waals surface area contributed by atoms with Crippen molar-refractivity contribution < 1.29 is 0 Å². The molecule has 0 nitrogen and oxygen atoms in total. The summed E-state index contributed by atoms with van der Waals surface area (Å²) in [5.41, 5.74) is 1.02. The molecule has 0 aromatic heterocycles. The average molecular weight is 186 g/mol. The highest BCUT2D eigenvalue weighted by Crippen LogP contribution is 2.36. The Balaban J connectivity index is 0. The van der Waals surface area contributed by atoms with E-state index in [1.165, 1.54) is 19.3 Å². The van der Waals surface area contributed by atoms with Crippen LogP contribution < -0.4 is 0 Å². The third-order valence-electron chi connectivity index (χ3n) is 1.94. The molecule has 13 heavy (non-hydrogen) atoms. The SMILES string of the molecule is CC.CCCC(C)(C)CC(C)(C)C. The summed E-state index contributed by atoms with van der Waals surface area (Å²) in [4.78, 5) is 0. The molecule has 0 rings (SSSR count). The fraction of sp³-hybridized carbons (Fsp3) is 1.00. The van der Waals surface area contributed by atoms with Crippen LogP contribution in [-0.2, 0) is 0 Å². The summed E-state index contributed by atoms with van der Waals surface area (Å²) in [6.45, 7) is 18.0. The predicted molar refractivity (Wildman–Crippen MR) is 64.1 cm³/mol. The number of hydrogen-bond acceptors (Lipinski definition) is 0. The molecular formula is C13H30. The first-order valence-electron chi connectivity index (χ1n) is 5.77. The van der Waals surface area contributed by atoms with E-state index in [1.807, 2.05) is 13.8 Å². The van der Waals surface area contributed by atoms with Gasteiger partial charge in [-0.25, -0.2) is 0 Å². The molecular weight excluding hydrogens is 156 g/mol. The first-order valence-corrected chi connectivity index (χ1v) is 5.77. The Hall–Kier alpha value is 0. The molecule has 0 saturated carbocycles. The predicted octanol–water partition coefficient (Wildman–Crippen LogP) is 5.28. The first-order chi connectivity index (χ1) is 5.77. The van der Waals surface area contributed by atoms with Gasteiger partial charge in [0.1, 0.15) is 0 Å². The lowest BCUT2D eigenvalue weighted by Gasteiger charge is -2.32. The van der Waals surface area contributed by atoms with Gasteiger partial charge in [-0.2, -0.15) is 0 Å². The lowest BCUT2D eigenvalue weighted by molar-refractivity contribution is 0.198. The number of hydrogen-bond donors (Lipinski definition) is 0. The summed E-state index contributed by atoms with van der Waals surface area (Å²) in [5, 5.41) is 0. The molecule has 0 N–H and O–H groups in total. The highest BCUT2D eigenvalue weighted by Gasteiger charge is 2.23. The van der Waals surface area contributed by atoms with E-state index in [0.29, 0.717) is 10.8 Å². The maximum atomic E-state index is 2.38. The second kappa shape index (κ2) is 6.45. The summed E-state index contributed by atoms with van der Waals surface area (Å²) in [5.74, 6) is 0. The van der Waals surface area contributed by atoms with Crippen molar-refractivity contribution in [1.29, 1.82) is 0 Å². The largest absolute Gasteiger partial charge is 0.0683 e. The molecule has 0 spiro atoms. The van der Waals surface area contributed by atoms with Crippen molar-refractivity contribution in [2.45, 2.75) is 74.7 Å². The van der Waals surface area contributed by atoms with Crippen LogP contribution in [0.2, 0.25) is 0 Å².